The van der Waals surface area contributed by atoms with Crippen molar-refractivity contribution in [3.63, 3.8) is 0 Å². The first-order chi connectivity index (χ1) is 19.4. The molecule has 0 atom stereocenters. The van der Waals surface area contributed by atoms with E-state index >= 15 is 0 Å². The number of unbranched alkanes of at least 4 members (excludes halogenated alkanes) is 2. The number of halogens is 8. The Hall–Kier alpha value is -2.98. The van der Waals surface area contributed by atoms with Crippen molar-refractivity contribution in [1.29, 1.82) is 0 Å². The molecule has 4 rings (SSSR count). The molecular formula is C31H32F8N2. The van der Waals surface area contributed by atoms with Crippen molar-refractivity contribution in [2.75, 3.05) is 32.7 Å². The minimum atomic E-state index is -4.85. The van der Waals surface area contributed by atoms with Gasteiger partial charge >= 0.3 is 12.4 Å². The van der Waals surface area contributed by atoms with Crippen LogP contribution in [0.3, 0.4) is 0 Å². The topological polar surface area (TPSA) is 6.48 Å². The fourth-order valence-electron chi connectivity index (χ4n) is 5.32. The van der Waals surface area contributed by atoms with Gasteiger partial charge in [-0.1, -0.05) is 37.1 Å². The van der Waals surface area contributed by atoms with Crippen LogP contribution in [0.1, 0.15) is 59.4 Å². The predicted molar refractivity (Wildman–Crippen MR) is 141 cm³/mol. The maximum Gasteiger partial charge on any atom is 0.416 e. The monoisotopic (exact) mass is 584 g/mol. The van der Waals surface area contributed by atoms with Crippen LogP contribution in [0.25, 0.3) is 0 Å². The summed E-state index contributed by atoms with van der Waals surface area (Å²) < 4.78 is 106. The highest BCUT2D eigenvalue weighted by molar-refractivity contribution is 5.34. The summed E-state index contributed by atoms with van der Waals surface area (Å²) in [6, 6.07) is 14.5. The minimum absolute atomic E-state index is 0.00235. The van der Waals surface area contributed by atoms with E-state index in [1.807, 2.05) is 4.90 Å². The lowest BCUT2D eigenvalue weighted by Crippen LogP contribution is -2.46. The first kappa shape index (κ1) is 31.0. The first-order valence-corrected chi connectivity index (χ1v) is 13.6. The van der Waals surface area contributed by atoms with E-state index in [2.05, 4.69) is 4.90 Å². The highest BCUT2D eigenvalue weighted by Crippen LogP contribution is 2.36. The minimum Gasteiger partial charge on any atom is -0.301 e. The lowest BCUT2D eigenvalue weighted by molar-refractivity contribution is -0.143. The zero-order chi connectivity index (χ0) is 29.6. The normalized spacial score (nSPS) is 15.5. The molecule has 0 N–H and O–H groups in total. The highest BCUT2D eigenvalue weighted by Gasteiger charge is 2.37. The summed E-state index contributed by atoms with van der Waals surface area (Å²) in [7, 11) is 0. The number of hydrogen-bond donors (Lipinski definition) is 0. The van der Waals surface area contributed by atoms with Crippen LogP contribution in [0.2, 0.25) is 0 Å². The molecule has 3 aromatic rings. The summed E-state index contributed by atoms with van der Waals surface area (Å²) >= 11 is 0. The fourth-order valence-corrected chi connectivity index (χ4v) is 5.32. The van der Waals surface area contributed by atoms with Gasteiger partial charge in [0.05, 0.1) is 11.1 Å². The zero-order valence-corrected chi connectivity index (χ0v) is 22.4. The smallest absolute Gasteiger partial charge is 0.301 e. The summed E-state index contributed by atoms with van der Waals surface area (Å²) in [4.78, 5) is 4.13. The van der Waals surface area contributed by atoms with Gasteiger partial charge in [0.25, 0.3) is 0 Å². The van der Waals surface area contributed by atoms with E-state index in [-0.39, 0.29) is 35.7 Å². The average Bonchev–Trinajstić information content (AvgIpc) is 2.92. The third kappa shape index (κ3) is 9.00. The molecule has 41 heavy (non-hydrogen) atoms. The predicted octanol–water partition coefficient (Wildman–Crippen LogP) is 8.51. The Bertz CT molecular complexity index is 1170. The van der Waals surface area contributed by atoms with E-state index in [1.165, 1.54) is 24.3 Å². The molecular weight excluding hydrogens is 552 g/mol. The van der Waals surface area contributed by atoms with Gasteiger partial charge in [0.15, 0.2) is 0 Å². The van der Waals surface area contributed by atoms with Crippen molar-refractivity contribution in [3.05, 3.63) is 106 Å². The molecule has 0 bridgehead atoms. The maximum atomic E-state index is 13.4. The van der Waals surface area contributed by atoms with Crippen LogP contribution < -0.4 is 0 Å². The number of piperazine rings is 1. The molecule has 1 aliphatic rings. The largest absolute Gasteiger partial charge is 0.416 e. The van der Waals surface area contributed by atoms with E-state index in [4.69, 9.17) is 0 Å². The van der Waals surface area contributed by atoms with Crippen LogP contribution in [0.4, 0.5) is 35.1 Å². The van der Waals surface area contributed by atoms with Gasteiger partial charge in [-0.15, -0.1) is 0 Å². The Kier molecular flexibility index (Phi) is 10.1. The van der Waals surface area contributed by atoms with Crippen LogP contribution in [-0.2, 0) is 18.9 Å². The molecule has 2 nitrogen and oxygen atoms in total. The standard InChI is InChI=1S/C31H32F8N2/c32-27-9-5-23(6-10-27)29(24-7-11-28(33)12-8-24)4-2-1-3-13-40-14-16-41(17-15-40)21-22-18-25(30(34,35)36)20-26(19-22)31(37,38)39/h5-12,18-20,29H,1-4,13-17,21H2. The SMILES string of the molecule is Fc1ccc(C(CCCCCN2CCN(Cc3cc(C(F)(F)F)cc(C(F)(F)F)c3)CC2)c2ccc(F)cc2)cc1. The van der Waals surface area contributed by atoms with Crippen LogP contribution in [0.15, 0.2) is 66.7 Å². The van der Waals surface area contributed by atoms with Crippen molar-refractivity contribution in [1.82, 2.24) is 9.80 Å². The third-order valence-corrected chi connectivity index (χ3v) is 7.53. The van der Waals surface area contributed by atoms with Crippen molar-refractivity contribution >= 4 is 0 Å². The Balaban J connectivity index is 1.24. The van der Waals surface area contributed by atoms with E-state index in [0.29, 0.717) is 26.2 Å². The molecule has 0 aromatic heterocycles. The number of hydrogen-bond acceptors (Lipinski definition) is 2. The molecule has 222 valence electrons. The molecule has 1 fully saturated rings. The van der Waals surface area contributed by atoms with E-state index in [1.54, 1.807) is 24.3 Å². The zero-order valence-electron chi connectivity index (χ0n) is 22.4. The molecule has 0 spiro atoms. The molecule has 0 aliphatic carbocycles. The lowest BCUT2D eigenvalue weighted by atomic mass is 9.87. The Labute approximate surface area is 234 Å². The van der Waals surface area contributed by atoms with Crippen molar-refractivity contribution < 1.29 is 35.1 Å². The van der Waals surface area contributed by atoms with Gasteiger partial charge in [0.2, 0.25) is 0 Å². The van der Waals surface area contributed by atoms with Gasteiger partial charge in [0.1, 0.15) is 11.6 Å². The quantitative estimate of drug-likeness (QED) is 0.174. The third-order valence-electron chi connectivity index (χ3n) is 7.53. The molecule has 1 heterocycles. The van der Waals surface area contributed by atoms with E-state index in [9.17, 15) is 35.1 Å². The van der Waals surface area contributed by atoms with Crippen LogP contribution in [0.5, 0.6) is 0 Å². The van der Waals surface area contributed by atoms with Crippen LogP contribution in [0, 0.1) is 11.6 Å². The maximum absolute atomic E-state index is 13.4. The lowest BCUT2D eigenvalue weighted by Gasteiger charge is -2.35. The molecule has 0 saturated carbocycles. The molecule has 0 amide bonds. The average molecular weight is 585 g/mol. The first-order valence-electron chi connectivity index (χ1n) is 13.6. The molecule has 1 saturated heterocycles. The van der Waals surface area contributed by atoms with Crippen LogP contribution >= 0.6 is 0 Å². The molecule has 10 heteroatoms. The van der Waals surface area contributed by atoms with Gasteiger partial charge in [-0.25, -0.2) is 8.78 Å². The van der Waals surface area contributed by atoms with Gasteiger partial charge in [0, 0.05) is 38.6 Å². The number of benzene rings is 3. The number of nitrogens with zero attached hydrogens (tertiary/aromatic N) is 2. The molecule has 0 unspecified atom stereocenters. The van der Waals surface area contributed by atoms with Gasteiger partial charge in [-0.2, -0.15) is 26.3 Å². The van der Waals surface area contributed by atoms with Crippen molar-refractivity contribution in [3.8, 4) is 0 Å². The Morgan fingerprint density at radius 3 is 1.51 bits per heavy atom. The molecule has 0 radical (unpaired) electrons. The number of rotatable bonds is 10. The van der Waals surface area contributed by atoms with E-state index in [0.717, 1.165) is 55.5 Å². The Morgan fingerprint density at radius 1 is 0.585 bits per heavy atom. The van der Waals surface area contributed by atoms with Crippen molar-refractivity contribution in [2.24, 2.45) is 0 Å². The van der Waals surface area contributed by atoms with Gasteiger partial charge in [-0.05, 0) is 78.5 Å². The highest BCUT2D eigenvalue weighted by atomic mass is 19.4. The van der Waals surface area contributed by atoms with E-state index < -0.39 is 23.5 Å². The van der Waals surface area contributed by atoms with Gasteiger partial charge < -0.3 is 4.90 Å². The summed E-state index contributed by atoms with van der Waals surface area (Å²) in [5.74, 6) is -0.603. The van der Waals surface area contributed by atoms with Crippen molar-refractivity contribution in [2.45, 2.75) is 50.5 Å². The second-order valence-electron chi connectivity index (χ2n) is 10.5. The van der Waals surface area contributed by atoms with Crippen LogP contribution in [-0.4, -0.2) is 42.5 Å². The summed E-state index contributed by atoms with van der Waals surface area (Å²) in [5.41, 5.74) is -0.643. The fraction of sp³-hybridized carbons (Fsp3) is 0.419. The summed E-state index contributed by atoms with van der Waals surface area (Å²) in [5, 5.41) is 0. The Morgan fingerprint density at radius 2 is 1.05 bits per heavy atom. The molecule has 1 aliphatic heterocycles. The molecule has 3 aromatic carbocycles. The van der Waals surface area contributed by atoms with Gasteiger partial charge in [-0.3, -0.25) is 4.90 Å². The second kappa shape index (κ2) is 13.3. The second-order valence-corrected chi connectivity index (χ2v) is 10.5. The summed E-state index contributed by atoms with van der Waals surface area (Å²) in [6.45, 7) is 3.32. The number of alkyl halides is 6. The summed E-state index contributed by atoms with van der Waals surface area (Å²) in [6.07, 6.45) is -6.09.